The highest BCUT2D eigenvalue weighted by Gasteiger charge is 2.01. The number of aromatic nitrogens is 3. The summed E-state index contributed by atoms with van der Waals surface area (Å²) in [7, 11) is 0. The van der Waals surface area contributed by atoms with Crippen LogP contribution in [-0.2, 0) is 6.42 Å². The molecule has 5 heteroatoms. The minimum Gasteiger partial charge on any atom is -0.355 e. The molecule has 0 amide bonds. The summed E-state index contributed by atoms with van der Waals surface area (Å²) in [6.45, 7) is 0.795. The van der Waals surface area contributed by atoms with Crippen molar-refractivity contribution in [1.29, 1.82) is 0 Å². The molecule has 0 aliphatic heterocycles. The van der Waals surface area contributed by atoms with Crippen LogP contribution in [0.2, 0.25) is 5.15 Å². The number of hydrogen-bond acceptors (Lipinski definition) is 3. The normalized spacial score (nSPS) is 10.8. The van der Waals surface area contributed by atoms with E-state index < -0.39 is 0 Å². The van der Waals surface area contributed by atoms with Crippen LogP contribution in [0.4, 0.5) is 5.95 Å². The molecule has 0 unspecified atom stereocenters. The summed E-state index contributed by atoms with van der Waals surface area (Å²) in [5.74, 6) is 0.795. The molecule has 0 aliphatic carbocycles. The predicted octanol–water partition coefficient (Wildman–Crippen LogP) is 3.27. The lowest BCUT2D eigenvalue weighted by Gasteiger charge is -2.02. The number of fused-ring (bicyclic) bond motifs is 1. The third-order valence-corrected chi connectivity index (χ3v) is 3.11. The zero-order chi connectivity index (χ0) is 13.1. The van der Waals surface area contributed by atoms with Crippen molar-refractivity contribution in [2.75, 3.05) is 11.9 Å². The highest BCUT2D eigenvalue weighted by Crippen LogP contribution is 2.13. The van der Waals surface area contributed by atoms with Gasteiger partial charge in [-0.3, -0.25) is 0 Å². The van der Waals surface area contributed by atoms with E-state index in [1.807, 2.05) is 30.3 Å². The van der Waals surface area contributed by atoms with Crippen molar-refractivity contribution in [3.8, 4) is 0 Å². The van der Waals surface area contributed by atoms with Crippen LogP contribution in [0.15, 0.2) is 42.6 Å². The Bertz CT molecular complexity index is 642. The molecule has 96 valence electrons. The third-order valence-electron chi connectivity index (χ3n) is 2.88. The van der Waals surface area contributed by atoms with Gasteiger partial charge in [0.1, 0.15) is 5.15 Å². The number of pyridine rings is 1. The predicted molar refractivity (Wildman–Crippen MR) is 77.5 cm³/mol. The molecule has 0 saturated carbocycles. The van der Waals surface area contributed by atoms with Crippen LogP contribution in [0.25, 0.3) is 11.0 Å². The maximum atomic E-state index is 5.75. The van der Waals surface area contributed by atoms with E-state index in [2.05, 4.69) is 20.3 Å². The second-order valence-electron chi connectivity index (χ2n) is 4.27. The Kier molecular flexibility index (Phi) is 3.33. The van der Waals surface area contributed by atoms with Crippen molar-refractivity contribution in [3.63, 3.8) is 0 Å². The van der Waals surface area contributed by atoms with Crippen molar-refractivity contribution in [2.24, 2.45) is 0 Å². The molecule has 0 bridgehead atoms. The van der Waals surface area contributed by atoms with E-state index in [9.17, 15) is 0 Å². The first kappa shape index (κ1) is 12.0. The number of halogens is 1. The van der Waals surface area contributed by atoms with Gasteiger partial charge in [-0.05, 0) is 30.2 Å². The van der Waals surface area contributed by atoms with Crippen molar-refractivity contribution >= 4 is 28.6 Å². The second-order valence-corrected chi connectivity index (χ2v) is 4.66. The summed E-state index contributed by atoms with van der Waals surface area (Å²) in [6.07, 6.45) is 2.67. The average molecular weight is 273 g/mol. The van der Waals surface area contributed by atoms with Gasteiger partial charge in [0.2, 0.25) is 5.95 Å². The monoisotopic (exact) mass is 272 g/mol. The maximum absolute atomic E-state index is 5.75. The molecular weight excluding hydrogens is 260 g/mol. The standard InChI is InChI=1S/C14H13ClN4/c15-13-6-5-10(9-17-13)7-8-16-14-18-11-3-1-2-4-12(11)19-14/h1-6,9H,7-8H2,(H2,16,18,19). The van der Waals surface area contributed by atoms with Gasteiger partial charge in [0.25, 0.3) is 0 Å². The number of nitrogens with zero attached hydrogens (tertiary/aromatic N) is 2. The molecule has 3 rings (SSSR count). The molecule has 0 aliphatic rings. The minimum atomic E-state index is 0.522. The number of nitrogens with one attached hydrogen (secondary N) is 2. The summed E-state index contributed by atoms with van der Waals surface area (Å²) in [6, 6.07) is 11.8. The van der Waals surface area contributed by atoms with Crippen LogP contribution >= 0.6 is 11.6 Å². The Morgan fingerprint density at radius 1 is 1.16 bits per heavy atom. The SMILES string of the molecule is Clc1ccc(CCNc2nc3ccccc3[nH]2)cn1. The Morgan fingerprint density at radius 3 is 2.84 bits per heavy atom. The topological polar surface area (TPSA) is 53.6 Å². The van der Waals surface area contributed by atoms with Crippen LogP contribution in [0.1, 0.15) is 5.56 Å². The molecule has 2 N–H and O–H groups in total. The molecule has 2 aromatic heterocycles. The van der Waals surface area contributed by atoms with E-state index in [1.165, 1.54) is 0 Å². The van der Waals surface area contributed by atoms with Crippen LogP contribution < -0.4 is 5.32 Å². The van der Waals surface area contributed by atoms with Crippen LogP contribution in [0, 0.1) is 0 Å². The van der Waals surface area contributed by atoms with E-state index in [-0.39, 0.29) is 0 Å². The number of rotatable bonds is 4. The van der Waals surface area contributed by atoms with Crippen molar-refractivity contribution < 1.29 is 0 Å². The molecule has 0 fully saturated rings. The van der Waals surface area contributed by atoms with Gasteiger partial charge in [-0.15, -0.1) is 0 Å². The number of H-pyrrole nitrogens is 1. The van der Waals surface area contributed by atoms with Crippen LogP contribution in [0.3, 0.4) is 0 Å². The highest BCUT2D eigenvalue weighted by molar-refractivity contribution is 6.29. The molecule has 0 atom stereocenters. The third kappa shape index (κ3) is 2.85. The van der Waals surface area contributed by atoms with Crippen LogP contribution in [-0.4, -0.2) is 21.5 Å². The minimum absolute atomic E-state index is 0.522. The molecule has 2 heterocycles. The van der Waals surface area contributed by atoms with Gasteiger partial charge in [-0.25, -0.2) is 9.97 Å². The molecule has 0 saturated heterocycles. The largest absolute Gasteiger partial charge is 0.355 e. The zero-order valence-electron chi connectivity index (χ0n) is 10.2. The first-order chi connectivity index (χ1) is 9.31. The number of benzene rings is 1. The fourth-order valence-electron chi connectivity index (χ4n) is 1.92. The lowest BCUT2D eigenvalue weighted by atomic mass is 10.2. The lowest BCUT2D eigenvalue weighted by molar-refractivity contribution is 0.988. The summed E-state index contributed by atoms with van der Waals surface area (Å²) in [5.41, 5.74) is 3.16. The fraction of sp³-hybridized carbons (Fsp3) is 0.143. The van der Waals surface area contributed by atoms with Gasteiger partial charge in [0, 0.05) is 12.7 Å². The molecule has 3 aromatic rings. The fourth-order valence-corrected chi connectivity index (χ4v) is 2.03. The van der Waals surface area contributed by atoms with Gasteiger partial charge in [0.15, 0.2) is 0 Å². The Morgan fingerprint density at radius 2 is 2.05 bits per heavy atom. The van der Waals surface area contributed by atoms with E-state index in [0.717, 1.165) is 35.5 Å². The number of anilines is 1. The van der Waals surface area contributed by atoms with Crippen molar-refractivity contribution in [1.82, 2.24) is 15.0 Å². The van der Waals surface area contributed by atoms with Gasteiger partial charge < -0.3 is 10.3 Å². The van der Waals surface area contributed by atoms with Gasteiger partial charge in [-0.2, -0.15) is 0 Å². The Labute approximate surface area is 115 Å². The first-order valence-electron chi connectivity index (χ1n) is 6.10. The Hall–Kier alpha value is -2.07. The summed E-state index contributed by atoms with van der Waals surface area (Å²) < 4.78 is 0. The smallest absolute Gasteiger partial charge is 0.201 e. The first-order valence-corrected chi connectivity index (χ1v) is 6.48. The number of imidazole rings is 1. The van der Waals surface area contributed by atoms with E-state index >= 15 is 0 Å². The van der Waals surface area contributed by atoms with Gasteiger partial charge in [0.05, 0.1) is 11.0 Å². The molecule has 1 aromatic carbocycles. The van der Waals surface area contributed by atoms with E-state index in [4.69, 9.17) is 11.6 Å². The summed E-state index contributed by atoms with van der Waals surface area (Å²) >= 11 is 5.75. The molecule has 19 heavy (non-hydrogen) atoms. The van der Waals surface area contributed by atoms with Crippen molar-refractivity contribution in [2.45, 2.75) is 6.42 Å². The quantitative estimate of drug-likeness (QED) is 0.717. The van der Waals surface area contributed by atoms with E-state index in [1.54, 1.807) is 12.3 Å². The Balaban J connectivity index is 1.61. The highest BCUT2D eigenvalue weighted by atomic mass is 35.5. The average Bonchev–Trinajstić information content (AvgIpc) is 2.83. The zero-order valence-corrected chi connectivity index (χ0v) is 11.0. The van der Waals surface area contributed by atoms with Crippen molar-refractivity contribution in [3.05, 3.63) is 53.3 Å². The van der Waals surface area contributed by atoms with Gasteiger partial charge >= 0.3 is 0 Å². The molecular formula is C14H13ClN4. The second kappa shape index (κ2) is 5.28. The number of hydrogen-bond donors (Lipinski definition) is 2. The van der Waals surface area contributed by atoms with Gasteiger partial charge in [-0.1, -0.05) is 29.8 Å². The number of aromatic amines is 1. The molecule has 0 spiro atoms. The summed E-state index contributed by atoms with van der Waals surface area (Å²) in [4.78, 5) is 11.7. The number of para-hydroxylation sites is 2. The van der Waals surface area contributed by atoms with Crippen LogP contribution in [0.5, 0.6) is 0 Å². The molecule has 4 nitrogen and oxygen atoms in total. The van der Waals surface area contributed by atoms with E-state index in [0.29, 0.717) is 5.15 Å². The molecule has 0 radical (unpaired) electrons. The lowest BCUT2D eigenvalue weighted by Crippen LogP contribution is -2.06. The summed E-state index contributed by atoms with van der Waals surface area (Å²) in [5, 5.41) is 3.79. The maximum Gasteiger partial charge on any atom is 0.201 e.